The molecule has 96 valence electrons. The summed E-state index contributed by atoms with van der Waals surface area (Å²) in [7, 11) is 0. The van der Waals surface area contributed by atoms with Crippen LogP contribution in [0.15, 0.2) is 30.5 Å². The minimum atomic E-state index is -0.116. The third kappa shape index (κ3) is 2.31. The molecular formula is C15H20N2O. The van der Waals surface area contributed by atoms with Crippen molar-refractivity contribution in [2.24, 2.45) is 5.92 Å². The first-order valence-electron chi connectivity index (χ1n) is 6.48. The zero-order valence-electron chi connectivity index (χ0n) is 11.2. The lowest BCUT2D eigenvalue weighted by Gasteiger charge is -2.20. The fourth-order valence-electron chi connectivity index (χ4n) is 2.29. The van der Waals surface area contributed by atoms with E-state index >= 15 is 0 Å². The van der Waals surface area contributed by atoms with Crippen LogP contribution in [-0.4, -0.2) is 23.4 Å². The highest BCUT2D eigenvalue weighted by Crippen LogP contribution is 2.20. The topological polar surface area (TPSA) is 44.9 Å². The fraction of sp³-hybridized carbons (Fsp3) is 0.400. The summed E-state index contributed by atoms with van der Waals surface area (Å²) < 4.78 is 0. The van der Waals surface area contributed by atoms with Crippen LogP contribution in [0.1, 0.15) is 31.1 Å². The average molecular weight is 244 g/mol. The first-order valence-corrected chi connectivity index (χ1v) is 6.48. The molecule has 0 amide bonds. The fourth-order valence-corrected chi connectivity index (χ4v) is 2.29. The molecule has 2 rings (SSSR count). The van der Waals surface area contributed by atoms with Gasteiger partial charge in [-0.15, -0.1) is 0 Å². The number of hydrogen-bond acceptors (Lipinski definition) is 2. The van der Waals surface area contributed by atoms with Gasteiger partial charge in [-0.2, -0.15) is 0 Å². The maximum atomic E-state index is 12.6. The van der Waals surface area contributed by atoms with Crippen LogP contribution in [-0.2, 0) is 0 Å². The van der Waals surface area contributed by atoms with E-state index in [4.69, 9.17) is 0 Å². The van der Waals surface area contributed by atoms with Crippen molar-refractivity contribution in [2.75, 3.05) is 6.54 Å². The highest BCUT2D eigenvalue weighted by Gasteiger charge is 2.24. The number of ketones is 1. The lowest BCUT2D eigenvalue weighted by Crippen LogP contribution is -2.40. The molecule has 0 aliphatic heterocycles. The molecule has 3 heteroatoms. The zero-order valence-corrected chi connectivity index (χ0v) is 11.2. The molecule has 0 bridgehead atoms. The van der Waals surface area contributed by atoms with Gasteiger partial charge in [-0.3, -0.25) is 4.79 Å². The van der Waals surface area contributed by atoms with Crippen LogP contribution in [0.4, 0.5) is 0 Å². The van der Waals surface area contributed by atoms with Crippen LogP contribution in [0.2, 0.25) is 0 Å². The van der Waals surface area contributed by atoms with E-state index in [0.29, 0.717) is 0 Å². The maximum Gasteiger partial charge on any atom is 0.182 e. The van der Waals surface area contributed by atoms with Crippen molar-refractivity contribution in [3.63, 3.8) is 0 Å². The summed E-state index contributed by atoms with van der Waals surface area (Å²) in [6.07, 6.45) is 1.82. The number of H-pyrrole nitrogens is 1. The lowest BCUT2D eigenvalue weighted by molar-refractivity contribution is 0.0920. The molecule has 3 nitrogen and oxygen atoms in total. The normalized spacial score (nSPS) is 13.1. The van der Waals surface area contributed by atoms with E-state index in [1.165, 1.54) is 0 Å². The number of likely N-dealkylation sites (N-methyl/N-ethyl adjacent to an activating group) is 1. The van der Waals surface area contributed by atoms with Crippen LogP contribution in [0.5, 0.6) is 0 Å². The summed E-state index contributed by atoms with van der Waals surface area (Å²) in [5, 5.41) is 4.28. The largest absolute Gasteiger partial charge is 0.360 e. The smallest absolute Gasteiger partial charge is 0.182 e. The number of carbonyl (C=O) groups is 1. The van der Waals surface area contributed by atoms with Gasteiger partial charge >= 0.3 is 0 Å². The van der Waals surface area contributed by atoms with Crippen molar-refractivity contribution in [3.05, 3.63) is 36.0 Å². The van der Waals surface area contributed by atoms with Gasteiger partial charge in [-0.05, 0) is 18.5 Å². The minimum Gasteiger partial charge on any atom is -0.360 e. The summed E-state index contributed by atoms with van der Waals surface area (Å²) in [6.45, 7) is 6.97. The Kier molecular flexibility index (Phi) is 3.82. The summed E-state index contributed by atoms with van der Waals surface area (Å²) in [6, 6.07) is 7.79. The van der Waals surface area contributed by atoms with E-state index in [1.54, 1.807) is 0 Å². The van der Waals surface area contributed by atoms with Crippen molar-refractivity contribution in [1.82, 2.24) is 10.3 Å². The van der Waals surface area contributed by atoms with Gasteiger partial charge in [0.2, 0.25) is 0 Å². The van der Waals surface area contributed by atoms with E-state index in [2.05, 4.69) is 24.1 Å². The zero-order chi connectivity index (χ0) is 13.1. The van der Waals surface area contributed by atoms with E-state index in [9.17, 15) is 4.79 Å². The Hall–Kier alpha value is -1.61. The molecule has 0 saturated carbocycles. The van der Waals surface area contributed by atoms with Gasteiger partial charge in [-0.25, -0.2) is 0 Å². The second-order valence-electron chi connectivity index (χ2n) is 4.89. The maximum absolute atomic E-state index is 12.6. The Morgan fingerprint density at radius 3 is 2.72 bits per heavy atom. The molecule has 0 saturated heterocycles. The van der Waals surface area contributed by atoms with Gasteiger partial charge in [0, 0.05) is 22.7 Å². The number of aromatic nitrogens is 1. The highest BCUT2D eigenvalue weighted by atomic mass is 16.1. The monoisotopic (exact) mass is 244 g/mol. The van der Waals surface area contributed by atoms with Crippen molar-refractivity contribution >= 4 is 16.7 Å². The Morgan fingerprint density at radius 2 is 2.06 bits per heavy atom. The first kappa shape index (κ1) is 12.8. The van der Waals surface area contributed by atoms with Crippen molar-refractivity contribution in [2.45, 2.75) is 26.8 Å². The lowest BCUT2D eigenvalue weighted by atomic mass is 9.94. The molecule has 1 heterocycles. The molecular weight excluding hydrogens is 224 g/mol. The Labute approximate surface area is 108 Å². The van der Waals surface area contributed by atoms with Gasteiger partial charge in [0.15, 0.2) is 5.78 Å². The van der Waals surface area contributed by atoms with Crippen LogP contribution in [0.25, 0.3) is 10.9 Å². The predicted molar refractivity (Wildman–Crippen MR) is 74.9 cm³/mol. The number of aromatic amines is 1. The molecule has 0 radical (unpaired) electrons. The van der Waals surface area contributed by atoms with E-state index < -0.39 is 0 Å². The SMILES string of the molecule is CCNC(C(=O)c1c[nH]c2ccccc12)C(C)C. The molecule has 0 aliphatic rings. The first-order chi connectivity index (χ1) is 8.65. The van der Waals surface area contributed by atoms with E-state index in [-0.39, 0.29) is 17.7 Å². The van der Waals surface area contributed by atoms with Crippen LogP contribution in [0.3, 0.4) is 0 Å². The summed E-state index contributed by atoms with van der Waals surface area (Å²) in [5.74, 6) is 0.454. The average Bonchev–Trinajstić information content (AvgIpc) is 2.78. The van der Waals surface area contributed by atoms with Crippen molar-refractivity contribution < 1.29 is 4.79 Å². The Balaban J connectivity index is 2.38. The highest BCUT2D eigenvalue weighted by molar-refractivity contribution is 6.10. The Bertz CT molecular complexity index is 542. The number of Topliss-reactive ketones (excluding diaryl/α,β-unsaturated/α-hetero) is 1. The third-order valence-electron chi connectivity index (χ3n) is 3.23. The molecule has 2 aromatic rings. The number of rotatable bonds is 5. The molecule has 0 spiro atoms. The van der Waals surface area contributed by atoms with E-state index in [0.717, 1.165) is 23.0 Å². The van der Waals surface area contributed by atoms with Crippen LogP contribution >= 0.6 is 0 Å². The molecule has 2 N–H and O–H groups in total. The van der Waals surface area contributed by atoms with Gasteiger partial charge in [-0.1, -0.05) is 39.0 Å². The molecule has 1 atom stereocenters. The minimum absolute atomic E-state index is 0.116. The number of hydrogen-bond donors (Lipinski definition) is 2. The molecule has 0 fully saturated rings. The molecule has 1 unspecified atom stereocenters. The number of nitrogens with one attached hydrogen (secondary N) is 2. The summed E-state index contributed by atoms with van der Waals surface area (Å²) in [4.78, 5) is 15.7. The molecule has 0 aliphatic carbocycles. The van der Waals surface area contributed by atoms with Crippen molar-refractivity contribution in [3.8, 4) is 0 Å². The number of para-hydroxylation sites is 1. The van der Waals surface area contributed by atoms with Crippen molar-refractivity contribution in [1.29, 1.82) is 0 Å². The van der Waals surface area contributed by atoms with Gasteiger partial charge in [0.05, 0.1) is 6.04 Å². The quantitative estimate of drug-likeness (QED) is 0.794. The van der Waals surface area contributed by atoms with Gasteiger partial charge < -0.3 is 10.3 Å². The van der Waals surface area contributed by atoms with Crippen LogP contribution < -0.4 is 5.32 Å². The van der Waals surface area contributed by atoms with Gasteiger partial charge in [0.1, 0.15) is 0 Å². The number of fused-ring (bicyclic) bond motifs is 1. The number of benzene rings is 1. The van der Waals surface area contributed by atoms with Crippen LogP contribution in [0, 0.1) is 5.92 Å². The Morgan fingerprint density at radius 1 is 1.33 bits per heavy atom. The molecule has 1 aromatic heterocycles. The molecule has 18 heavy (non-hydrogen) atoms. The second kappa shape index (κ2) is 5.36. The van der Waals surface area contributed by atoms with Gasteiger partial charge in [0.25, 0.3) is 0 Å². The standard InChI is InChI=1S/C15H20N2O/c1-4-16-14(10(2)3)15(18)12-9-17-13-8-6-5-7-11(12)13/h5-10,14,16-17H,4H2,1-3H3. The second-order valence-corrected chi connectivity index (χ2v) is 4.89. The predicted octanol–water partition coefficient (Wildman–Crippen LogP) is 2.98. The summed E-state index contributed by atoms with van der Waals surface area (Å²) >= 11 is 0. The number of carbonyl (C=O) groups excluding carboxylic acids is 1. The van der Waals surface area contributed by atoms with E-state index in [1.807, 2.05) is 37.4 Å². The molecule has 1 aromatic carbocycles. The summed E-state index contributed by atoms with van der Waals surface area (Å²) in [5.41, 5.74) is 1.80. The third-order valence-corrected chi connectivity index (χ3v) is 3.23.